The molecule has 0 radical (unpaired) electrons. The SMILES string of the molecule is Cc1c(CCCN(C)C)c2ccccc2n1CCCO. The Morgan fingerprint density at radius 2 is 1.90 bits per heavy atom. The van der Waals surface area contributed by atoms with Crippen molar-refractivity contribution < 1.29 is 5.11 Å². The van der Waals surface area contributed by atoms with E-state index in [1.807, 2.05) is 0 Å². The molecule has 3 heteroatoms. The highest BCUT2D eigenvalue weighted by Gasteiger charge is 2.12. The van der Waals surface area contributed by atoms with Crippen molar-refractivity contribution in [2.45, 2.75) is 32.7 Å². The molecule has 2 rings (SSSR count). The average molecular weight is 274 g/mol. The third-order valence-electron chi connectivity index (χ3n) is 3.93. The van der Waals surface area contributed by atoms with Gasteiger partial charge in [0.2, 0.25) is 0 Å². The molecule has 110 valence electrons. The number of nitrogens with zero attached hydrogens (tertiary/aromatic N) is 2. The molecule has 20 heavy (non-hydrogen) atoms. The fraction of sp³-hybridized carbons (Fsp3) is 0.529. The molecule has 1 heterocycles. The maximum Gasteiger partial charge on any atom is 0.0485 e. The van der Waals surface area contributed by atoms with Crippen LogP contribution in [0.1, 0.15) is 24.1 Å². The van der Waals surface area contributed by atoms with Gasteiger partial charge >= 0.3 is 0 Å². The van der Waals surface area contributed by atoms with E-state index in [1.165, 1.54) is 28.6 Å². The average Bonchev–Trinajstić information content (AvgIpc) is 2.69. The number of aromatic nitrogens is 1. The van der Waals surface area contributed by atoms with Crippen molar-refractivity contribution in [1.29, 1.82) is 0 Å². The quantitative estimate of drug-likeness (QED) is 0.841. The summed E-state index contributed by atoms with van der Waals surface area (Å²) in [5, 5.41) is 10.5. The first-order valence-corrected chi connectivity index (χ1v) is 7.47. The molecule has 0 atom stereocenters. The summed E-state index contributed by atoms with van der Waals surface area (Å²) in [6.45, 7) is 4.48. The molecule has 0 saturated heterocycles. The van der Waals surface area contributed by atoms with Crippen LogP contribution in [0.25, 0.3) is 10.9 Å². The number of aliphatic hydroxyl groups is 1. The number of hydrogen-bond acceptors (Lipinski definition) is 2. The molecule has 0 unspecified atom stereocenters. The Kier molecular flexibility index (Phi) is 5.21. The minimum absolute atomic E-state index is 0.252. The van der Waals surface area contributed by atoms with Crippen LogP contribution in [-0.2, 0) is 13.0 Å². The van der Waals surface area contributed by atoms with Crippen LogP contribution in [0.5, 0.6) is 0 Å². The van der Waals surface area contributed by atoms with Crippen LogP contribution in [0.3, 0.4) is 0 Å². The van der Waals surface area contributed by atoms with Crippen LogP contribution in [0, 0.1) is 6.92 Å². The van der Waals surface area contributed by atoms with Crippen molar-refractivity contribution in [3.8, 4) is 0 Å². The van der Waals surface area contributed by atoms with Crippen LogP contribution in [0.4, 0.5) is 0 Å². The maximum atomic E-state index is 9.08. The molecule has 1 aromatic carbocycles. The molecule has 0 fully saturated rings. The van der Waals surface area contributed by atoms with Crippen molar-refractivity contribution in [3.05, 3.63) is 35.5 Å². The second kappa shape index (κ2) is 6.91. The molecule has 1 N–H and O–H groups in total. The lowest BCUT2D eigenvalue weighted by molar-refractivity contribution is 0.280. The first-order valence-electron chi connectivity index (χ1n) is 7.47. The van der Waals surface area contributed by atoms with Gasteiger partial charge in [-0.3, -0.25) is 0 Å². The van der Waals surface area contributed by atoms with Gasteiger partial charge in [0.1, 0.15) is 0 Å². The van der Waals surface area contributed by atoms with Crippen LogP contribution >= 0.6 is 0 Å². The molecule has 3 nitrogen and oxygen atoms in total. The minimum Gasteiger partial charge on any atom is -0.396 e. The van der Waals surface area contributed by atoms with Crippen LogP contribution < -0.4 is 0 Å². The summed E-state index contributed by atoms with van der Waals surface area (Å²) in [6.07, 6.45) is 3.12. The summed E-state index contributed by atoms with van der Waals surface area (Å²) in [5.74, 6) is 0. The first kappa shape index (κ1) is 15.1. The van der Waals surface area contributed by atoms with E-state index in [-0.39, 0.29) is 6.61 Å². The summed E-state index contributed by atoms with van der Waals surface area (Å²) >= 11 is 0. The summed E-state index contributed by atoms with van der Waals surface area (Å²) < 4.78 is 2.36. The summed E-state index contributed by atoms with van der Waals surface area (Å²) in [4.78, 5) is 2.24. The molecule has 0 aliphatic heterocycles. The van der Waals surface area contributed by atoms with Gasteiger partial charge in [-0.25, -0.2) is 0 Å². The van der Waals surface area contributed by atoms with E-state index in [1.54, 1.807) is 0 Å². The summed E-state index contributed by atoms with van der Waals surface area (Å²) in [6, 6.07) is 8.63. The van der Waals surface area contributed by atoms with Gasteiger partial charge in [-0.1, -0.05) is 18.2 Å². The highest BCUT2D eigenvalue weighted by Crippen LogP contribution is 2.27. The Morgan fingerprint density at radius 3 is 2.60 bits per heavy atom. The van der Waals surface area contributed by atoms with Crippen molar-refractivity contribution in [3.63, 3.8) is 0 Å². The van der Waals surface area contributed by atoms with E-state index < -0.39 is 0 Å². The second-order valence-electron chi connectivity index (χ2n) is 5.72. The Balaban J connectivity index is 2.30. The Morgan fingerprint density at radius 1 is 1.15 bits per heavy atom. The number of para-hydroxylation sites is 1. The smallest absolute Gasteiger partial charge is 0.0485 e. The van der Waals surface area contributed by atoms with E-state index in [0.29, 0.717) is 0 Å². The van der Waals surface area contributed by atoms with Gasteiger partial charge in [0.05, 0.1) is 0 Å². The van der Waals surface area contributed by atoms with Crippen molar-refractivity contribution in [2.24, 2.45) is 0 Å². The van der Waals surface area contributed by atoms with Gasteiger partial charge < -0.3 is 14.6 Å². The number of benzene rings is 1. The Hall–Kier alpha value is -1.32. The predicted octanol–water partition coefficient (Wildman–Crippen LogP) is 2.83. The van der Waals surface area contributed by atoms with Gasteiger partial charge in [-0.05, 0) is 58.5 Å². The van der Waals surface area contributed by atoms with Crippen LogP contribution in [0.2, 0.25) is 0 Å². The molecule has 0 spiro atoms. The lowest BCUT2D eigenvalue weighted by atomic mass is 10.1. The molecule has 1 aromatic heterocycles. The number of hydrogen-bond donors (Lipinski definition) is 1. The zero-order chi connectivity index (χ0) is 14.5. The number of aryl methyl sites for hydroxylation is 2. The lowest BCUT2D eigenvalue weighted by Crippen LogP contribution is -2.13. The van der Waals surface area contributed by atoms with Crippen molar-refractivity contribution in [2.75, 3.05) is 27.2 Å². The largest absolute Gasteiger partial charge is 0.396 e. The zero-order valence-electron chi connectivity index (χ0n) is 12.9. The monoisotopic (exact) mass is 274 g/mol. The standard InChI is InChI=1S/C17H26N2O/c1-14-15(9-6-11-18(2)3)16-8-4-5-10-17(16)19(14)12-7-13-20/h4-5,8,10,20H,6-7,9,11-13H2,1-3H3. The van der Waals surface area contributed by atoms with E-state index in [9.17, 15) is 0 Å². The van der Waals surface area contributed by atoms with Crippen LogP contribution in [-0.4, -0.2) is 41.8 Å². The molecular formula is C17H26N2O. The van der Waals surface area contributed by atoms with E-state index in [4.69, 9.17) is 5.11 Å². The zero-order valence-corrected chi connectivity index (χ0v) is 12.9. The molecule has 0 bridgehead atoms. The van der Waals surface area contributed by atoms with Gasteiger partial charge in [-0.2, -0.15) is 0 Å². The predicted molar refractivity (Wildman–Crippen MR) is 85.3 cm³/mol. The van der Waals surface area contributed by atoms with Crippen molar-refractivity contribution >= 4 is 10.9 Å². The normalized spacial score (nSPS) is 11.7. The van der Waals surface area contributed by atoms with E-state index >= 15 is 0 Å². The molecule has 2 aromatic rings. The number of fused-ring (bicyclic) bond motifs is 1. The molecular weight excluding hydrogens is 248 g/mol. The Bertz CT molecular complexity index is 557. The van der Waals surface area contributed by atoms with Gasteiger partial charge in [0.25, 0.3) is 0 Å². The number of rotatable bonds is 7. The fourth-order valence-electron chi connectivity index (χ4n) is 2.91. The van der Waals surface area contributed by atoms with Crippen LogP contribution in [0.15, 0.2) is 24.3 Å². The fourth-order valence-corrected chi connectivity index (χ4v) is 2.91. The summed E-state index contributed by atoms with van der Waals surface area (Å²) in [5.41, 5.74) is 4.14. The highest BCUT2D eigenvalue weighted by molar-refractivity contribution is 5.85. The van der Waals surface area contributed by atoms with Gasteiger partial charge in [0.15, 0.2) is 0 Å². The topological polar surface area (TPSA) is 28.4 Å². The third kappa shape index (κ3) is 3.22. The van der Waals surface area contributed by atoms with E-state index in [2.05, 4.69) is 54.8 Å². The molecule has 0 amide bonds. The number of aliphatic hydroxyl groups excluding tert-OH is 1. The molecule has 0 saturated carbocycles. The molecule has 0 aliphatic carbocycles. The third-order valence-corrected chi connectivity index (χ3v) is 3.93. The molecule has 0 aliphatic rings. The second-order valence-corrected chi connectivity index (χ2v) is 5.72. The maximum absolute atomic E-state index is 9.08. The van der Waals surface area contributed by atoms with Gasteiger partial charge in [-0.15, -0.1) is 0 Å². The lowest BCUT2D eigenvalue weighted by Gasteiger charge is -2.10. The minimum atomic E-state index is 0.252. The van der Waals surface area contributed by atoms with E-state index in [0.717, 1.165) is 25.9 Å². The summed E-state index contributed by atoms with van der Waals surface area (Å²) in [7, 11) is 4.24. The van der Waals surface area contributed by atoms with Crippen molar-refractivity contribution in [1.82, 2.24) is 9.47 Å². The van der Waals surface area contributed by atoms with Gasteiger partial charge in [0, 0.05) is 29.7 Å². The first-order chi connectivity index (χ1) is 9.65. The highest BCUT2D eigenvalue weighted by atomic mass is 16.3. The Labute approximate surface area is 121 Å².